The number of ether oxygens (including phenoxy) is 4. The molecule has 160 valence electrons. The summed E-state index contributed by atoms with van der Waals surface area (Å²) in [5.74, 6) is -0.421. The van der Waals surface area contributed by atoms with Crippen molar-refractivity contribution < 1.29 is 33.3 Å². The number of H-pyrrole nitrogens is 1. The monoisotopic (exact) mass is 416 g/mol. The molecule has 0 spiro atoms. The van der Waals surface area contributed by atoms with Crippen molar-refractivity contribution >= 4 is 17.8 Å². The summed E-state index contributed by atoms with van der Waals surface area (Å²) in [6.07, 6.45) is 0. The molecule has 2 aromatic rings. The zero-order valence-corrected chi connectivity index (χ0v) is 17.3. The van der Waals surface area contributed by atoms with E-state index in [2.05, 4.69) is 10.3 Å². The Kier molecular flexibility index (Phi) is 6.29. The summed E-state index contributed by atoms with van der Waals surface area (Å²) >= 11 is 0. The number of aromatic amines is 1. The first-order chi connectivity index (χ1) is 14.3. The second kappa shape index (κ2) is 8.89. The average molecular weight is 416 g/mol. The molecule has 1 aromatic heterocycles. The molecule has 0 aliphatic carbocycles. The van der Waals surface area contributed by atoms with Crippen LogP contribution in [0.5, 0.6) is 11.5 Å². The Morgan fingerprint density at radius 3 is 2.60 bits per heavy atom. The number of carbonyl (C=O) groups excluding carboxylic acids is 3. The lowest BCUT2D eigenvalue weighted by Crippen LogP contribution is -2.31. The lowest BCUT2D eigenvalue weighted by atomic mass is 10.1. The van der Waals surface area contributed by atoms with Gasteiger partial charge in [-0.05, 0) is 51.0 Å². The zero-order chi connectivity index (χ0) is 21.8. The Hall–Kier alpha value is -3.49. The van der Waals surface area contributed by atoms with Gasteiger partial charge in [0.2, 0.25) is 6.79 Å². The van der Waals surface area contributed by atoms with Crippen LogP contribution in [0.15, 0.2) is 18.2 Å². The Labute approximate surface area is 173 Å². The van der Waals surface area contributed by atoms with E-state index in [0.29, 0.717) is 28.3 Å². The Bertz CT molecular complexity index is 980. The number of rotatable bonds is 7. The molecular formula is C21H24N2O7. The number of hydrogen-bond donors (Lipinski definition) is 2. The summed E-state index contributed by atoms with van der Waals surface area (Å²) in [5.41, 5.74) is 2.16. The van der Waals surface area contributed by atoms with Crippen LogP contribution in [0.3, 0.4) is 0 Å². The second-order valence-electron chi connectivity index (χ2n) is 6.82. The highest BCUT2D eigenvalue weighted by Gasteiger charge is 2.24. The number of amides is 1. The van der Waals surface area contributed by atoms with Gasteiger partial charge >= 0.3 is 11.9 Å². The minimum absolute atomic E-state index is 0.118. The van der Waals surface area contributed by atoms with Gasteiger partial charge < -0.3 is 29.2 Å². The highest BCUT2D eigenvalue weighted by atomic mass is 16.7. The van der Waals surface area contributed by atoms with Crippen LogP contribution in [0.4, 0.5) is 0 Å². The van der Waals surface area contributed by atoms with Crippen molar-refractivity contribution in [2.24, 2.45) is 0 Å². The largest absolute Gasteiger partial charge is 0.462 e. The molecule has 0 bridgehead atoms. The zero-order valence-electron chi connectivity index (χ0n) is 17.3. The minimum Gasteiger partial charge on any atom is -0.462 e. The summed E-state index contributed by atoms with van der Waals surface area (Å²) in [7, 11) is 0. The molecule has 3 rings (SSSR count). The number of benzene rings is 1. The third-order valence-corrected chi connectivity index (χ3v) is 4.73. The van der Waals surface area contributed by atoms with Gasteiger partial charge in [-0.1, -0.05) is 6.07 Å². The maximum Gasteiger partial charge on any atom is 0.355 e. The SMILES string of the molecule is CCOC(=O)c1c(C)[nH]c(C(=O)OCC(=O)NC(C)c2ccc3c(c2)OCO3)c1C. The normalized spacial score (nSPS) is 12.9. The number of hydrogen-bond acceptors (Lipinski definition) is 7. The van der Waals surface area contributed by atoms with Crippen molar-refractivity contribution in [3.8, 4) is 11.5 Å². The van der Waals surface area contributed by atoms with Crippen molar-refractivity contribution in [3.05, 3.63) is 46.3 Å². The van der Waals surface area contributed by atoms with Gasteiger partial charge in [0.1, 0.15) is 5.69 Å². The third-order valence-electron chi connectivity index (χ3n) is 4.73. The van der Waals surface area contributed by atoms with Crippen molar-refractivity contribution in [3.63, 3.8) is 0 Å². The van der Waals surface area contributed by atoms with Gasteiger partial charge in [0.05, 0.1) is 18.2 Å². The number of fused-ring (bicyclic) bond motifs is 1. The first kappa shape index (κ1) is 21.2. The smallest absolute Gasteiger partial charge is 0.355 e. The molecule has 9 nitrogen and oxygen atoms in total. The topological polar surface area (TPSA) is 116 Å². The summed E-state index contributed by atoms with van der Waals surface area (Å²) in [4.78, 5) is 39.5. The predicted molar refractivity (Wildman–Crippen MR) is 106 cm³/mol. The second-order valence-corrected chi connectivity index (χ2v) is 6.82. The van der Waals surface area contributed by atoms with Crippen LogP contribution in [0, 0.1) is 13.8 Å². The fourth-order valence-corrected chi connectivity index (χ4v) is 3.22. The van der Waals surface area contributed by atoms with Gasteiger partial charge in [-0.2, -0.15) is 0 Å². The molecule has 0 saturated carbocycles. The number of aryl methyl sites for hydroxylation is 1. The van der Waals surface area contributed by atoms with E-state index in [4.69, 9.17) is 18.9 Å². The fraction of sp³-hybridized carbons (Fsp3) is 0.381. The molecule has 1 aromatic carbocycles. The van der Waals surface area contributed by atoms with Gasteiger partial charge in [0.25, 0.3) is 5.91 Å². The van der Waals surface area contributed by atoms with Crippen molar-refractivity contribution in [2.45, 2.75) is 33.7 Å². The van der Waals surface area contributed by atoms with Crippen LogP contribution in [0.2, 0.25) is 0 Å². The quantitative estimate of drug-likeness (QED) is 0.667. The average Bonchev–Trinajstić information content (AvgIpc) is 3.29. The highest BCUT2D eigenvalue weighted by molar-refractivity contribution is 5.99. The molecule has 0 radical (unpaired) electrons. The standard InChI is InChI=1S/C21H24N2O7/c1-5-27-20(25)18-11(2)19(23-13(18)4)21(26)28-9-17(24)22-12(3)14-6-7-15-16(8-14)30-10-29-15/h6-8,12,23H,5,9-10H2,1-4H3,(H,22,24). The predicted octanol–water partition coefficient (Wildman–Crippen LogP) is 2.57. The molecule has 1 atom stereocenters. The molecule has 1 aliphatic heterocycles. The number of aromatic nitrogens is 1. The summed E-state index contributed by atoms with van der Waals surface area (Å²) < 4.78 is 20.7. The van der Waals surface area contributed by atoms with E-state index in [-0.39, 0.29) is 25.1 Å². The minimum atomic E-state index is -0.725. The molecule has 1 amide bonds. The first-order valence-corrected chi connectivity index (χ1v) is 9.54. The Morgan fingerprint density at radius 2 is 1.87 bits per heavy atom. The summed E-state index contributed by atoms with van der Waals surface area (Å²) in [5, 5.41) is 2.76. The maximum absolute atomic E-state index is 12.4. The van der Waals surface area contributed by atoms with Crippen molar-refractivity contribution in [1.29, 1.82) is 0 Å². The maximum atomic E-state index is 12.4. The number of nitrogens with one attached hydrogen (secondary N) is 2. The van der Waals surface area contributed by atoms with E-state index in [9.17, 15) is 14.4 Å². The van der Waals surface area contributed by atoms with Crippen molar-refractivity contribution in [2.75, 3.05) is 20.0 Å². The summed E-state index contributed by atoms with van der Waals surface area (Å²) in [6.45, 7) is 6.73. The Morgan fingerprint density at radius 1 is 1.13 bits per heavy atom. The molecule has 2 N–H and O–H groups in total. The van der Waals surface area contributed by atoms with Crippen LogP contribution < -0.4 is 14.8 Å². The fourth-order valence-electron chi connectivity index (χ4n) is 3.22. The highest BCUT2D eigenvalue weighted by Crippen LogP contribution is 2.34. The van der Waals surface area contributed by atoms with Crippen LogP contribution >= 0.6 is 0 Å². The van der Waals surface area contributed by atoms with E-state index >= 15 is 0 Å². The van der Waals surface area contributed by atoms with E-state index in [1.54, 1.807) is 39.8 Å². The van der Waals surface area contributed by atoms with Crippen LogP contribution in [-0.2, 0) is 14.3 Å². The first-order valence-electron chi connectivity index (χ1n) is 9.54. The van der Waals surface area contributed by atoms with Crippen LogP contribution in [-0.4, -0.2) is 42.8 Å². The molecule has 0 fully saturated rings. The van der Waals surface area contributed by atoms with E-state index in [1.165, 1.54) is 0 Å². The lowest BCUT2D eigenvalue weighted by molar-refractivity contribution is -0.124. The van der Waals surface area contributed by atoms with Gasteiger partial charge in [-0.25, -0.2) is 9.59 Å². The van der Waals surface area contributed by atoms with E-state index in [0.717, 1.165) is 5.56 Å². The molecule has 2 heterocycles. The molecular weight excluding hydrogens is 392 g/mol. The van der Waals surface area contributed by atoms with E-state index < -0.39 is 24.5 Å². The van der Waals surface area contributed by atoms with Gasteiger partial charge in [0.15, 0.2) is 18.1 Å². The Balaban J connectivity index is 1.57. The summed E-state index contributed by atoms with van der Waals surface area (Å²) in [6, 6.07) is 5.07. The molecule has 30 heavy (non-hydrogen) atoms. The van der Waals surface area contributed by atoms with Gasteiger partial charge in [-0.3, -0.25) is 4.79 Å². The molecule has 9 heteroatoms. The lowest BCUT2D eigenvalue weighted by Gasteiger charge is -2.15. The number of carbonyl (C=O) groups is 3. The third kappa shape index (κ3) is 4.40. The molecule has 1 aliphatic rings. The van der Waals surface area contributed by atoms with E-state index in [1.807, 2.05) is 6.07 Å². The van der Waals surface area contributed by atoms with Crippen molar-refractivity contribution in [1.82, 2.24) is 10.3 Å². The van der Waals surface area contributed by atoms with Gasteiger partial charge in [-0.15, -0.1) is 0 Å². The number of esters is 2. The van der Waals surface area contributed by atoms with Crippen LogP contribution in [0.25, 0.3) is 0 Å². The molecule has 0 saturated heterocycles. The van der Waals surface area contributed by atoms with Crippen LogP contribution in [0.1, 0.15) is 57.6 Å². The van der Waals surface area contributed by atoms with Gasteiger partial charge in [0, 0.05) is 5.69 Å². The molecule has 1 unspecified atom stereocenters.